The second-order valence-corrected chi connectivity index (χ2v) is 11.2. The standard InChI is InChI=1S/C27H52N4O11/c1-18(5-9-31-20(19(2)34)15-28-29-31)41-13-8-27(3,4)42-14-10-30(16-23(37)25(39)21(35)6-11-32)17-24(38)26(40)22(36)7-12-33/h15,18,21-26,32-40H,2,5-14,16-17H2,1,3-4H3. The van der Waals surface area contributed by atoms with Gasteiger partial charge in [-0.05, 0) is 46.5 Å². The number of rotatable bonds is 24. The second-order valence-electron chi connectivity index (χ2n) is 11.2. The molecule has 0 aliphatic carbocycles. The van der Waals surface area contributed by atoms with E-state index in [0.29, 0.717) is 31.7 Å². The number of aryl methyl sites for hydroxylation is 1. The van der Waals surface area contributed by atoms with Gasteiger partial charge in [-0.2, -0.15) is 0 Å². The molecule has 0 radical (unpaired) electrons. The van der Waals surface area contributed by atoms with E-state index in [4.69, 9.17) is 19.7 Å². The van der Waals surface area contributed by atoms with Gasteiger partial charge in [-0.1, -0.05) is 11.8 Å². The van der Waals surface area contributed by atoms with E-state index in [1.165, 1.54) is 11.1 Å². The van der Waals surface area contributed by atoms with Crippen LogP contribution in [-0.2, 0) is 16.0 Å². The molecule has 246 valence electrons. The van der Waals surface area contributed by atoms with Gasteiger partial charge in [0.25, 0.3) is 0 Å². The van der Waals surface area contributed by atoms with Gasteiger partial charge in [0.05, 0.1) is 48.9 Å². The third kappa shape index (κ3) is 14.1. The van der Waals surface area contributed by atoms with Crippen LogP contribution in [-0.4, -0.2) is 160 Å². The van der Waals surface area contributed by atoms with Crippen LogP contribution in [0.4, 0.5) is 0 Å². The van der Waals surface area contributed by atoms with Crippen LogP contribution in [0.5, 0.6) is 0 Å². The first-order valence-corrected chi connectivity index (χ1v) is 14.3. The van der Waals surface area contributed by atoms with Gasteiger partial charge in [0.15, 0.2) is 0 Å². The van der Waals surface area contributed by atoms with E-state index in [-0.39, 0.29) is 64.2 Å². The summed E-state index contributed by atoms with van der Waals surface area (Å²) in [5.74, 6) is -0.110. The van der Waals surface area contributed by atoms with Gasteiger partial charge in [0, 0.05) is 46.0 Å². The third-order valence-electron chi connectivity index (χ3n) is 6.98. The van der Waals surface area contributed by atoms with Crippen LogP contribution < -0.4 is 0 Å². The third-order valence-corrected chi connectivity index (χ3v) is 6.98. The van der Waals surface area contributed by atoms with Gasteiger partial charge in [-0.3, -0.25) is 4.90 Å². The fourth-order valence-corrected chi connectivity index (χ4v) is 4.18. The molecule has 9 N–H and O–H groups in total. The smallest absolute Gasteiger partial charge is 0.135 e. The predicted molar refractivity (Wildman–Crippen MR) is 152 cm³/mol. The number of nitrogens with zero attached hydrogens (tertiary/aromatic N) is 4. The summed E-state index contributed by atoms with van der Waals surface area (Å²) in [4.78, 5) is 1.52. The molecule has 0 saturated heterocycles. The summed E-state index contributed by atoms with van der Waals surface area (Å²) >= 11 is 0. The molecular formula is C27H52N4O11. The second kappa shape index (κ2) is 19.5. The highest BCUT2D eigenvalue weighted by Crippen LogP contribution is 2.17. The number of hydrogen-bond acceptors (Lipinski definition) is 14. The van der Waals surface area contributed by atoms with Crippen LogP contribution in [0.2, 0.25) is 0 Å². The molecule has 1 rings (SSSR count). The fourth-order valence-electron chi connectivity index (χ4n) is 4.18. The molecule has 7 unspecified atom stereocenters. The number of aliphatic hydroxyl groups excluding tert-OH is 9. The highest BCUT2D eigenvalue weighted by Gasteiger charge is 2.30. The molecule has 7 atom stereocenters. The first kappa shape index (κ1) is 38.3. The molecule has 1 aromatic rings. The Morgan fingerprint density at radius 1 is 0.929 bits per heavy atom. The molecule has 1 aromatic heterocycles. The summed E-state index contributed by atoms with van der Waals surface area (Å²) < 4.78 is 13.5. The maximum atomic E-state index is 10.5. The van der Waals surface area contributed by atoms with E-state index in [0.717, 1.165) is 0 Å². The quantitative estimate of drug-likeness (QED) is 0.0579. The minimum absolute atomic E-state index is 0.108. The lowest BCUT2D eigenvalue weighted by Crippen LogP contribution is -2.50. The summed E-state index contributed by atoms with van der Waals surface area (Å²) in [5.41, 5.74) is -0.165. The van der Waals surface area contributed by atoms with E-state index >= 15 is 0 Å². The summed E-state index contributed by atoms with van der Waals surface area (Å²) in [7, 11) is 0. The number of ether oxygens (including phenoxy) is 2. The van der Waals surface area contributed by atoms with Crippen molar-refractivity contribution in [3.63, 3.8) is 0 Å². The Morgan fingerprint density at radius 3 is 1.98 bits per heavy atom. The summed E-state index contributed by atoms with van der Waals surface area (Å²) in [6.07, 6.45) is -6.49. The molecule has 42 heavy (non-hydrogen) atoms. The van der Waals surface area contributed by atoms with Gasteiger partial charge >= 0.3 is 0 Å². The molecule has 0 aliphatic rings. The lowest BCUT2D eigenvalue weighted by Gasteiger charge is -2.33. The van der Waals surface area contributed by atoms with Gasteiger partial charge in [0.1, 0.15) is 23.7 Å². The zero-order valence-electron chi connectivity index (χ0n) is 24.9. The molecule has 15 nitrogen and oxygen atoms in total. The maximum absolute atomic E-state index is 10.5. The Kier molecular flexibility index (Phi) is 17.8. The first-order chi connectivity index (χ1) is 19.7. The van der Waals surface area contributed by atoms with Crippen molar-refractivity contribution >= 4 is 5.76 Å². The molecular weight excluding hydrogens is 556 g/mol. The van der Waals surface area contributed by atoms with Gasteiger partial charge < -0.3 is 55.4 Å². The molecule has 0 bridgehead atoms. The zero-order chi connectivity index (χ0) is 31.9. The lowest BCUT2D eigenvalue weighted by atomic mass is 10.0. The first-order valence-electron chi connectivity index (χ1n) is 14.3. The van der Waals surface area contributed by atoms with Crippen molar-refractivity contribution in [3.8, 4) is 0 Å². The van der Waals surface area contributed by atoms with Crippen molar-refractivity contribution < 1.29 is 55.4 Å². The van der Waals surface area contributed by atoms with Crippen molar-refractivity contribution in [2.45, 2.75) is 101 Å². The molecule has 0 fully saturated rings. The lowest BCUT2D eigenvalue weighted by molar-refractivity contribution is -0.0995. The van der Waals surface area contributed by atoms with Gasteiger partial charge in [-0.15, -0.1) is 5.10 Å². The van der Waals surface area contributed by atoms with Crippen LogP contribution in [0, 0.1) is 0 Å². The maximum Gasteiger partial charge on any atom is 0.135 e. The molecule has 0 aliphatic heterocycles. The Bertz CT molecular complexity index is 849. The van der Waals surface area contributed by atoms with Crippen molar-refractivity contribution in [1.29, 1.82) is 0 Å². The van der Waals surface area contributed by atoms with Crippen molar-refractivity contribution in [3.05, 3.63) is 18.5 Å². The monoisotopic (exact) mass is 608 g/mol. The largest absolute Gasteiger partial charge is 0.506 e. The normalized spacial score (nSPS) is 17.5. The predicted octanol–water partition coefficient (Wildman–Crippen LogP) is -1.98. The SMILES string of the molecule is C=C(O)c1cnnn1CCC(C)OCCC(C)(C)OCCN(CC(O)C(O)C(O)CCO)CC(O)C(O)C(O)CCO. The summed E-state index contributed by atoms with van der Waals surface area (Å²) in [6, 6.07) is 0. The van der Waals surface area contributed by atoms with Gasteiger partial charge in [-0.25, -0.2) is 4.68 Å². The highest BCUT2D eigenvalue weighted by molar-refractivity contribution is 5.50. The van der Waals surface area contributed by atoms with Crippen molar-refractivity contribution in [2.75, 3.05) is 46.1 Å². The molecule has 15 heteroatoms. The fraction of sp³-hybridized carbons (Fsp3) is 0.852. The Hall–Kier alpha value is -1.76. The van der Waals surface area contributed by atoms with E-state index < -0.39 is 42.2 Å². The van der Waals surface area contributed by atoms with E-state index in [1.807, 2.05) is 20.8 Å². The highest BCUT2D eigenvalue weighted by atomic mass is 16.5. The molecule has 0 aromatic carbocycles. The number of aliphatic hydroxyl groups is 9. The van der Waals surface area contributed by atoms with Crippen LogP contribution >= 0.6 is 0 Å². The molecule has 0 spiro atoms. The van der Waals surface area contributed by atoms with E-state index in [2.05, 4.69) is 16.9 Å². The van der Waals surface area contributed by atoms with Crippen LogP contribution in [0.25, 0.3) is 5.76 Å². The topological polar surface area (TPSA) is 234 Å². The van der Waals surface area contributed by atoms with Gasteiger partial charge in [0.2, 0.25) is 0 Å². The summed E-state index contributed by atoms with van der Waals surface area (Å²) in [6.45, 7) is 9.21. The average Bonchev–Trinajstić information content (AvgIpc) is 3.40. The van der Waals surface area contributed by atoms with E-state index in [1.54, 1.807) is 4.68 Å². The van der Waals surface area contributed by atoms with Crippen LogP contribution in [0.3, 0.4) is 0 Å². The summed E-state index contributed by atoms with van der Waals surface area (Å²) in [5, 5.41) is 96.5. The van der Waals surface area contributed by atoms with Crippen LogP contribution in [0.1, 0.15) is 52.1 Å². The Balaban J connectivity index is 2.62. The molecule has 0 amide bonds. The average molecular weight is 609 g/mol. The molecule has 1 heterocycles. The minimum atomic E-state index is -1.56. The Morgan fingerprint density at radius 2 is 1.48 bits per heavy atom. The Labute approximate surface area is 247 Å². The number of aromatic nitrogens is 3. The minimum Gasteiger partial charge on any atom is -0.506 e. The van der Waals surface area contributed by atoms with E-state index in [9.17, 15) is 35.7 Å². The number of hydrogen-bond donors (Lipinski definition) is 9. The van der Waals surface area contributed by atoms with Crippen LogP contribution in [0.15, 0.2) is 12.8 Å². The molecule has 0 saturated carbocycles. The zero-order valence-corrected chi connectivity index (χ0v) is 24.9. The van der Waals surface area contributed by atoms with Crippen molar-refractivity contribution in [2.24, 2.45) is 0 Å². The van der Waals surface area contributed by atoms with Crippen molar-refractivity contribution in [1.82, 2.24) is 19.9 Å².